The lowest BCUT2D eigenvalue weighted by atomic mass is 10.1. The summed E-state index contributed by atoms with van der Waals surface area (Å²) in [6.45, 7) is 11.9. The number of nitrogens with one attached hydrogen (secondary N) is 2. The Kier molecular flexibility index (Phi) is 10.1. The highest BCUT2D eigenvalue weighted by molar-refractivity contribution is 14.0. The Morgan fingerprint density at radius 1 is 1.25 bits per heavy atom. The Labute approximate surface area is 167 Å². The Hall–Kier alpha value is -0.410. The van der Waals surface area contributed by atoms with Crippen molar-refractivity contribution in [2.24, 2.45) is 10.9 Å². The number of guanidine groups is 1. The first-order valence-corrected chi connectivity index (χ1v) is 9.50. The summed E-state index contributed by atoms with van der Waals surface area (Å²) in [4.78, 5) is 12.7. The number of aromatic nitrogens is 1. The van der Waals surface area contributed by atoms with Gasteiger partial charge in [0.1, 0.15) is 0 Å². The van der Waals surface area contributed by atoms with E-state index in [-0.39, 0.29) is 24.0 Å². The molecule has 5 nitrogen and oxygen atoms in total. The maximum atomic E-state index is 4.47. The van der Waals surface area contributed by atoms with Gasteiger partial charge in [-0.15, -0.1) is 35.3 Å². The monoisotopic (exact) mass is 465 g/mol. The molecule has 1 fully saturated rings. The normalized spacial score (nSPS) is 17.2. The van der Waals surface area contributed by atoms with E-state index in [1.165, 1.54) is 43.8 Å². The molecule has 2 N–H and O–H groups in total. The summed E-state index contributed by atoms with van der Waals surface area (Å²) in [5.41, 5.74) is 1.12. The second kappa shape index (κ2) is 11.3. The molecular formula is C17H32IN5S. The van der Waals surface area contributed by atoms with Gasteiger partial charge in [0.15, 0.2) is 5.96 Å². The van der Waals surface area contributed by atoms with Gasteiger partial charge in [-0.25, -0.2) is 4.98 Å². The van der Waals surface area contributed by atoms with Crippen molar-refractivity contribution >= 4 is 41.3 Å². The Morgan fingerprint density at radius 3 is 2.54 bits per heavy atom. The molecule has 1 atom stereocenters. The van der Waals surface area contributed by atoms with Gasteiger partial charge >= 0.3 is 0 Å². The molecule has 138 valence electrons. The fraction of sp³-hybridized carbons (Fsp3) is 0.765. The molecule has 0 bridgehead atoms. The number of aliphatic imine (C=N–C) groups is 1. The summed E-state index contributed by atoms with van der Waals surface area (Å²) in [7, 11) is 1.83. The van der Waals surface area contributed by atoms with E-state index in [1.54, 1.807) is 11.3 Å². The van der Waals surface area contributed by atoms with Crippen LogP contribution in [0, 0.1) is 19.8 Å². The maximum absolute atomic E-state index is 4.47. The predicted octanol–water partition coefficient (Wildman–Crippen LogP) is 3.16. The van der Waals surface area contributed by atoms with Crippen LogP contribution in [-0.4, -0.2) is 49.1 Å². The smallest absolute Gasteiger partial charge is 0.191 e. The summed E-state index contributed by atoms with van der Waals surface area (Å²) in [6.07, 6.45) is 4.12. The average molecular weight is 465 g/mol. The van der Waals surface area contributed by atoms with Crippen molar-refractivity contribution in [3.05, 3.63) is 15.6 Å². The molecule has 1 aromatic rings. The third-order valence-corrected chi connectivity index (χ3v) is 5.35. The topological polar surface area (TPSA) is 52.6 Å². The molecule has 0 spiro atoms. The van der Waals surface area contributed by atoms with E-state index >= 15 is 0 Å². The number of aryl methyl sites for hydroxylation is 2. The van der Waals surface area contributed by atoms with Crippen LogP contribution >= 0.6 is 35.3 Å². The summed E-state index contributed by atoms with van der Waals surface area (Å²) < 4.78 is 0. The largest absolute Gasteiger partial charge is 0.356 e. The highest BCUT2D eigenvalue weighted by atomic mass is 127. The molecule has 2 rings (SSSR count). The van der Waals surface area contributed by atoms with Crippen LogP contribution in [0.2, 0.25) is 0 Å². The quantitative estimate of drug-likeness (QED) is 0.385. The third kappa shape index (κ3) is 7.23. The molecular weight excluding hydrogens is 433 g/mol. The predicted molar refractivity (Wildman–Crippen MR) is 115 cm³/mol. The molecule has 24 heavy (non-hydrogen) atoms. The van der Waals surface area contributed by atoms with Crippen LogP contribution in [-0.2, 0) is 6.54 Å². The number of likely N-dealkylation sites (tertiary alicyclic amines) is 1. The SMILES string of the molecule is CN=C(NCc1sc(C)nc1C)NCC(C)CN1CCCCC1.I. The van der Waals surface area contributed by atoms with Crippen LogP contribution in [0.1, 0.15) is 41.8 Å². The molecule has 0 radical (unpaired) electrons. The second-order valence-electron chi connectivity index (χ2n) is 6.51. The van der Waals surface area contributed by atoms with Gasteiger partial charge in [0.05, 0.1) is 17.2 Å². The molecule has 1 saturated heterocycles. The van der Waals surface area contributed by atoms with Crippen molar-refractivity contribution in [3.8, 4) is 0 Å². The number of hydrogen-bond acceptors (Lipinski definition) is 4. The minimum absolute atomic E-state index is 0. The summed E-state index contributed by atoms with van der Waals surface area (Å²) in [5, 5.41) is 7.97. The summed E-state index contributed by atoms with van der Waals surface area (Å²) >= 11 is 1.75. The van der Waals surface area contributed by atoms with Crippen molar-refractivity contribution in [1.29, 1.82) is 0 Å². The molecule has 1 aromatic heterocycles. The van der Waals surface area contributed by atoms with Crippen LogP contribution in [0.25, 0.3) is 0 Å². The molecule has 1 aliphatic rings. The molecule has 0 aliphatic carbocycles. The third-order valence-electron chi connectivity index (χ3n) is 4.28. The first kappa shape index (κ1) is 21.6. The number of halogens is 1. The van der Waals surface area contributed by atoms with Gasteiger partial charge < -0.3 is 15.5 Å². The summed E-state index contributed by atoms with van der Waals surface area (Å²) in [6, 6.07) is 0. The number of nitrogens with zero attached hydrogens (tertiary/aromatic N) is 3. The van der Waals surface area contributed by atoms with Gasteiger partial charge in [0, 0.05) is 25.0 Å². The van der Waals surface area contributed by atoms with Crippen molar-refractivity contribution in [2.45, 2.75) is 46.6 Å². The number of piperidine rings is 1. The lowest BCUT2D eigenvalue weighted by Gasteiger charge is -2.29. The Balaban J connectivity index is 0.00000288. The lowest BCUT2D eigenvalue weighted by molar-refractivity contribution is 0.201. The van der Waals surface area contributed by atoms with E-state index < -0.39 is 0 Å². The molecule has 1 aliphatic heterocycles. The van der Waals surface area contributed by atoms with Crippen LogP contribution in [0.3, 0.4) is 0 Å². The van der Waals surface area contributed by atoms with Gasteiger partial charge in [0.25, 0.3) is 0 Å². The standard InChI is InChI=1S/C17H31N5S.HI/c1-13(12-22-8-6-5-7-9-22)10-19-17(18-4)20-11-16-14(2)21-15(3)23-16;/h13H,5-12H2,1-4H3,(H2,18,19,20);1H. The molecule has 0 amide bonds. The minimum atomic E-state index is 0. The highest BCUT2D eigenvalue weighted by Gasteiger charge is 2.13. The van der Waals surface area contributed by atoms with E-state index in [0.717, 1.165) is 29.8 Å². The Bertz CT molecular complexity index is 511. The van der Waals surface area contributed by atoms with Crippen LogP contribution in [0.5, 0.6) is 0 Å². The number of rotatable bonds is 6. The Morgan fingerprint density at radius 2 is 1.96 bits per heavy atom. The fourth-order valence-electron chi connectivity index (χ4n) is 3.04. The zero-order valence-electron chi connectivity index (χ0n) is 15.4. The molecule has 1 unspecified atom stereocenters. The molecule has 2 heterocycles. The van der Waals surface area contributed by atoms with E-state index in [0.29, 0.717) is 5.92 Å². The zero-order valence-corrected chi connectivity index (χ0v) is 18.5. The fourth-order valence-corrected chi connectivity index (χ4v) is 3.92. The van der Waals surface area contributed by atoms with Crippen LogP contribution < -0.4 is 10.6 Å². The molecule has 0 saturated carbocycles. The molecule has 7 heteroatoms. The van der Waals surface area contributed by atoms with E-state index in [1.807, 2.05) is 7.05 Å². The zero-order chi connectivity index (χ0) is 16.7. The summed E-state index contributed by atoms with van der Waals surface area (Å²) in [5.74, 6) is 1.50. The van der Waals surface area contributed by atoms with Crippen molar-refractivity contribution < 1.29 is 0 Å². The number of thiazole rings is 1. The van der Waals surface area contributed by atoms with E-state index in [9.17, 15) is 0 Å². The second-order valence-corrected chi connectivity index (χ2v) is 7.80. The average Bonchev–Trinajstić information content (AvgIpc) is 2.86. The number of hydrogen-bond donors (Lipinski definition) is 2. The first-order chi connectivity index (χ1) is 11.1. The maximum Gasteiger partial charge on any atom is 0.191 e. The highest BCUT2D eigenvalue weighted by Crippen LogP contribution is 2.16. The van der Waals surface area contributed by atoms with Gasteiger partial charge in [-0.05, 0) is 45.7 Å². The van der Waals surface area contributed by atoms with Crippen LogP contribution in [0.4, 0.5) is 0 Å². The van der Waals surface area contributed by atoms with Gasteiger partial charge in [-0.2, -0.15) is 0 Å². The van der Waals surface area contributed by atoms with Gasteiger partial charge in [-0.3, -0.25) is 4.99 Å². The van der Waals surface area contributed by atoms with Gasteiger partial charge in [0.2, 0.25) is 0 Å². The minimum Gasteiger partial charge on any atom is -0.356 e. The molecule has 0 aromatic carbocycles. The van der Waals surface area contributed by atoms with E-state index in [2.05, 4.69) is 46.3 Å². The van der Waals surface area contributed by atoms with Gasteiger partial charge in [-0.1, -0.05) is 13.3 Å². The van der Waals surface area contributed by atoms with Crippen molar-refractivity contribution in [3.63, 3.8) is 0 Å². The van der Waals surface area contributed by atoms with E-state index in [4.69, 9.17) is 0 Å². The first-order valence-electron chi connectivity index (χ1n) is 8.68. The van der Waals surface area contributed by atoms with Crippen molar-refractivity contribution in [1.82, 2.24) is 20.5 Å². The van der Waals surface area contributed by atoms with Crippen molar-refractivity contribution in [2.75, 3.05) is 33.2 Å². The van der Waals surface area contributed by atoms with Crippen LogP contribution in [0.15, 0.2) is 4.99 Å². The lowest BCUT2D eigenvalue weighted by Crippen LogP contribution is -2.42.